The van der Waals surface area contributed by atoms with Gasteiger partial charge < -0.3 is 15.2 Å². The van der Waals surface area contributed by atoms with Gasteiger partial charge in [0.05, 0.1) is 5.56 Å². The molecule has 1 aromatic carbocycles. The number of hydrogen-bond acceptors (Lipinski definition) is 3. The number of H-pyrrole nitrogens is 1. The van der Waals surface area contributed by atoms with E-state index in [1.54, 1.807) is 24.5 Å². The zero-order valence-corrected chi connectivity index (χ0v) is 15.5. The van der Waals surface area contributed by atoms with E-state index in [9.17, 15) is 4.79 Å². The van der Waals surface area contributed by atoms with Gasteiger partial charge in [-0.05, 0) is 55.1 Å². The van der Waals surface area contributed by atoms with Crippen LogP contribution in [0.15, 0.2) is 48.9 Å². The predicted octanol–water partition coefficient (Wildman–Crippen LogP) is 2.95. The van der Waals surface area contributed by atoms with Crippen LogP contribution in [0.3, 0.4) is 0 Å². The quantitative estimate of drug-likeness (QED) is 0.755. The van der Waals surface area contributed by atoms with E-state index in [0.29, 0.717) is 30.0 Å². The largest absolute Gasteiger partial charge is 0.361 e. The number of amides is 1. The Kier molecular flexibility index (Phi) is 3.97. The first-order valence-electron chi connectivity index (χ1n) is 9.68. The molecule has 0 radical (unpaired) electrons. The first-order valence-corrected chi connectivity index (χ1v) is 9.68. The lowest BCUT2D eigenvalue weighted by molar-refractivity contribution is 0.0890. The number of nitrogens with one attached hydrogen (secondary N) is 2. The van der Waals surface area contributed by atoms with Gasteiger partial charge in [-0.15, -0.1) is 0 Å². The van der Waals surface area contributed by atoms with Crippen molar-refractivity contribution in [3.05, 3.63) is 65.6 Å². The summed E-state index contributed by atoms with van der Waals surface area (Å²) in [6.45, 7) is 1.72. The third kappa shape index (κ3) is 2.82. The van der Waals surface area contributed by atoms with Gasteiger partial charge in [-0.25, -0.2) is 0 Å². The summed E-state index contributed by atoms with van der Waals surface area (Å²) in [6.07, 6.45) is 7.71. The Labute approximate surface area is 158 Å². The predicted molar refractivity (Wildman–Crippen MR) is 106 cm³/mol. The molecule has 0 bridgehead atoms. The van der Waals surface area contributed by atoms with Crippen LogP contribution in [-0.2, 0) is 6.42 Å². The van der Waals surface area contributed by atoms with Gasteiger partial charge in [-0.1, -0.05) is 12.1 Å². The number of carbonyl (C=O) groups is 1. The van der Waals surface area contributed by atoms with E-state index >= 15 is 0 Å². The van der Waals surface area contributed by atoms with Crippen molar-refractivity contribution in [2.75, 3.05) is 20.1 Å². The summed E-state index contributed by atoms with van der Waals surface area (Å²) in [7, 11) is 2.23. The third-order valence-corrected chi connectivity index (χ3v) is 6.29. The molecule has 1 aliphatic carbocycles. The van der Waals surface area contributed by atoms with Gasteiger partial charge in [0.2, 0.25) is 0 Å². The molecule has 3 aromatic rings. The van der Waals surface area contributed by atoms with E-state index in [4.69, 9.17) is 0 Å². The molecule has 0 saturated carbocycles. The van der Waals surface area contributed by atoms with Crippen LogP contribution in [0.25, 0.3) is 10.9 Å². The number of rotatable bonds is 3. The minimum atomic E-state index is -0.0356. The number of likely N-dealkylation sites (tertiary alicyclic amines) is 1. The number of likely N-dealkylation sites (N-methyl/N-ethyl adjacent to an activating group) is 1. The van der Waals surface area contributed by atoms with Gasteiger partial charge in [-0.3, -0.25) is 9.78 Å². The van der Waals surface area contributed by atoms with Crippen molar-refractivity contribution in [2.24, 2.45) is 5.92 Å². The van der Waals surface area contributed by atoms with E-state index < -0.39 is 0 Å². The first kappa shape index (κ1) is 16.5. The number of fused-ring (bicyclic) bond motifs is 2. The second-order valence-electron chi connectivity index (χ2n) is 7.95. The molecule has 1 amide bonds. The molecule has 138 valence electrons. The van der Waals surface area contributed by atoms with Crippen molar-refractivity contribution >= 4 is 16.8 Å². The van der Waals surface area contributed by atoms with Crippen LogP contribution >= 0.6 is 0 Å². The summed E-state index contributed by atoms with van der Waals surface area (Å²) in [4.78, 5) is 22.3. The van der Waals surface area contributed by atoms with Crippen LogP contribution < -0.4 is 5.32 Å². The Morgan fingerprint density at radius 2 is 2.26 bits per heavy atom. The van der Waals surface area contributed by atoms with Crippen molar-refractivity contribution in [3.63, 3.8) is 0 Å². The fourth-order valence-corrected chi connectivity index (χ4v) is 5.04. The number of carbonyl (C=O) groups excluding carboxylic acids is 1. The Hall–Kier alpha value is -2.66. The van der Waals surface area contributed by atoms with Gasteiger partial charge in [0.15, 0.2) is 0 Å². The van der Waals surface area contributed by atoms with E-state index in [1.807, 2.05) is 0 Å². The Bertz CT molecular complexity index is 980. The maximum absolute atomic E-state index is 12.4. The number of piperidine rings is 1. The highest BCUT2D eigenvalue weighted by molar-refractivity contribution is 5.93. The monoisotopic (exact) mass is 360 g/mol. The molecule has 0 spiro atoms. The number of hydrogen-bond donors (Lipinski definition) is 2. The van der Waals surface area contributed by atoms with Gasteiger partial charge in [0.25, 0.3) is 5.91 Å². The topological polar surface area (TPSA) is 61.0 Å². The van der Waals surface area contributed by atoms with E-state index in [1.165, 1.54) is 22.0 Å². The summed E-state index contributed by atoms with van der Waals surface area (Å²) in [5.74, 6) is 0.940. The van der Waals surface area contributed by atoms with Crippen molar-refractivity contribution < 1.29 is 4.79 Å². The maximum atomic E-state index is 12.4. The standard InChI is InChI=1S/C22H24N4O/c1-26-13-14(10-25-22(27)15-4-3-7-23-11-15)8-18-17-5-2-6-19-21(17)16(12-24-19)9-20(18)26/h2-7,11-12,14,18,20,24H,8-10,13H2,1H3,(H,25,27)/t14-,18+,20+/m0/s1. The third-order valence-electron chi connectivity index (χ3n) is 6.29. The summed E-state index contributed by atoms with van der Waals surface area (Å²) < 4.78 is 0. The SMILES string of the molecule is CN1C[C@H](CNC(=O)c2cccnc2)C[C@@H]2c3cccc4[nH]cc(c34)C[C@H]21. The number of benzene rings is 1. The molecule has 2 N–H and O–H groups in total. The van der Waals surface area contributed by atoms with Crippen LogP contribution in [0, 0.1) is 5.92 Å². The van der Waals surface area contributed by atoms with Gasteiger partial charge in [0.1, 0.15) is 0 Å². The zero-order valence-electron chi connectivity index (χ0n) is 15.5. The molecule has 3 atom stereocenters. The lowest BCUT2D eigenvalue weighted by atomic mass is 9.72. The Morgan fingerprint density at radius 1 is 1.33 bits per heavy atom. The molecular weight excluding hydrogens is 336 g/mol. The second kappa shape index (κ2) is 6.50. The average molecular weight is 360 g/mol. The molecule has 1 aliphatic heterocycles. The minimum Gasteiger partial charge on any atom is -0.361 e. The minimum absolute atomic E-state index is 0.0356. The second-order valence-corrected chi connectivity index (χ2v) is 7.95. The molecule has 5 heteroatoms. The number of pyridine rings is 1. The van der Waals surface area contributed by atoms with Crippen LogP contribution in [0.4, 0.5) is 0 Å². The van der Waals surface area contributed by atoms with Crippen LogP contribution in [0.1, 0.15) is 33.8 Å². The molecule has 2 aliphatic rings. The van der Waals surface area contributed by atoms with E-state index in [0.717, 1.165) is 19.4 Å². The van der Waals surface area contributed by atoms with Crippen molar-refractivity contribution in [3.8, 4) is 0 Å². The zero-order chi connectivity index (χ0) is 18.4. The fourth-order valence-electron chi connectivity index (χ4n) is 5.04. The number of nitrogens with zero attached hydrogens (tertiary/aromatic N) is 2. The molecule has 1 fully saturated rings. The molecule has 2 aromatic heterocycles. The molecule has 27 heavy (non-hydrogen) atoms. The molecule has 1 saturated heterocycles. The molecule has 5 rings (SSSR count). The fraction of sp³-hybridized carbons (Fsp3) is 0.364. The summed E-state index contributed by atoms with van der Waals surface area (Å²) in [5.41, 5.74) is 4.78. The van der Waals surface area contributed by atoms with E-state index in [-0.39, 0.29) is 5.91 Å². The molecule has 3 heterocycles. The van der Waals surface area contributed by atoms with Crippen molar-refractivity contribution in [1.82, 2.24) is 20.2 Å². The highest BCUT2D eigenvalue weighted by Gasteiger charge is 2.39. The van der Waals surface area contributed by atoms with Gasteiger partial charge in [0, 0.05) is 54.5 Å². The highest BCUT2D eigenvalue weighted by Crippen LogP contribution is 2.44. The van der Waals surface area contributed by atoms with Crippen LogP contribution in [-0.4, -0.2) is 47.0 Å². The normalized spacial score (nSPS) is 24.6. The van der Waals surface area contributed by atoms with Crippen LogP contribution in [0.2, 0.25) is 0 Å². The Morgan fingerprint density at radius 3 is 3.11 bits per heavy atom. The first-order chi connectivity index (χ1) is 13.2. The smallest absolute Gasteiger partial charge is 0.252 e. The van der Waals surface area contributed by atoms with Gasteiger partial charge in [-0.2, -0.15) is 0 Å². The summed E-state index contributed by atoms with van der Waals surface area (Å²) in [5, 5.41) is 4.54. The lowest BCUT2D eigenvalue weighted by Crippen LogP contribution is -2.50. The van der Waals surface area contributed by atoms with Crippen molar-refractivity contribution in [2.45, 2.75) is 24.8 Å². The average Bonchev–Trinajstić information content (AvgIpc) is 3.12. The van der Waals surface area contributed by atoms with E-state index in [2.05, 4.69) is 51.6 Å². The molecule has 5 nitrogen and oxygen atoms in total. The molecule has 0 unspecified atom stereocenters. The summed E-state index contributed by atoms with van der Waals surface area (Å²) >= 11 is 0. The van der Waals surface area contributed by atoms with Crippen molar-refractivity contribution in [1.29, 1.82) is 0 Å². The van der Waals surface area contributed by atoms with Crippen LogP contribution in [0.5, 0.6) is 0 Å². The highest BCUT2D eigenvalue weighted by atomic mass is 16.1. The summed E-state index contributed by atoms with van der Waals surface area (Å²) in [6, 6.07) is 10.8. The molecular formula is C22H24N4O. The Balaban J connectivity index is 1.35. The maximum Gasteiger partial charge on any atom is 0.252 e. The number of aromatic nitrogens is 2. The lowest BCUT2D eigenvalue weighted by Gasteiger charge is -2.45. The number of aromatic amines is 1. The van der Waals surface area contributed by atoms with Gasteiger partial charge >= 0.3 is 0 Å².